The lowest BCUT2D eigenvalue weighted by atomic mass is 10.3. The normalized spacial score (nSPS) is 9.46. The molecule has 0 spiro atoms. The van der Waals surface area contributed by atoms with Gasteiger partial charge in [-0.2, -0.15) is 0 Å². The van der Waals surface area contributed by atoms with E-state index in [1.807, 2.05) is 33.0 Å². The van der Waals surface area contributed by atoms with Gasteiger partial charge in [-0.25, -0.2) is 9.50 Å². The van der Waals surface area contributed by atoms with Crippen molar-refractivity contribution in [2.24, 2.45) is 0 Å². The van der Waals surface area contributed by atoms with E-state index < -0.39 is 0 Å². The van der Waals surface area contributed by atoms with Crippen LogP contribution in [-0.2, 0) is 0 Å². The Bertz CT molecular complexity index is 391. The molecule has 0 saturated heterocycles. The lowest BCUT2D eigenvalue weighted by Crippen LogP contribution is -1.88. The SMILES string of the molecule is CC.Cc1c(N)nn2cccnc12. The van der Waals surface area contributed by atoms with Gasteiger partial charge in [0, 0.05) is 18.0 Å². The molecule has 0 aliphatic heterocycles. The second-order valence-corrected chi connectivity index (χ2v) is 2.40. The Morgan fingerprint density at radius 1 is 1.38 bits per heavy atom. The maximum Gasteiger partial charge on any atom is 0.160 e. The van der Waals surface area contributed by atoms with Gasteiger partial charge < -0.3 is 5.73 Å². The summed E-state index contributed by atoms with van der Waals surface area (Å²) in [5, 5.41) is 4.04. The molecule has 2 rings (SSSR count). The molecule has 2 N–H and O–H groups in total. The first-order chi connectivity index (χ1) is 6.29. The number of anilines is 1. The minimum absolute atomic E-state index is 0.545. The Hall–Kier alpha value is -1.58. The number of hydrogen-bond acceptors (Lipinski definition) is 3. The zero-order valence-electron chi connectivity index (χ0n) is 8.15. The summed E-state index contributed by atoms with van der Waals surface area (Å²) < 4.78 is 1.67. The van der Waals surface area contributed by atoms with Gasteiger partial charge in [-0.3, -0.25) is 0 Å². The first-order valence-corrected chi connectivity index (χ1v) is 4.34. The van der Waals surface area contributed by atoms with Gasteiger partial charge in [0.25, 0.3) is 0 Å². The molecular formula is C9H14N4. The van der Waals surface area contributed by atoms with Crippen molar-refractivity contribution in [2.75, 3.05) is 5.73 Å². The number of nitrogens with two attached hydrogens (primary N) is 1. The highest BCUT2D eigenvalue weighted by Gasteiger charge is 2.03. The molecule has 2 heterocycles. The van der Waals surface area contributed by atoms with Crippen LogP contribution >= 0.6 is 0 Å². The van der Waals surface area contributed by atoms with Crippen LogP contribution in [0.25, 0.3) is 5.65 Å². The Morgan fingerprint density at radius 2 is 2.08 bits per heavy atom. The van der Waals surface area contributed by atoms with Crippen molar-refractivity contribution in [1.29, 1.82) is 0 Å². The fourth-order valence-corrected chi connectivity index (χ4v) is 1.02. The number of nitrogens with zero attached hydrogens (tertiary/aromatic N) is 3. The zero-order valence-corrected chi connectivity index (χ0v) is 8.15. The molecule has 13 heavy (non-hydrogen) atoms. The van der Waals surface area contributed by atoms with E-state index in [9.17, 15) is 0 Å². The molecule has 0 saturated carbocycles. The summed E-state index contributed by atoms with van der Waals surface area (Å²) in [7, 11) is 0. The van der Waals surface area contributed by atoms with Crippen molar-refractivity contribution in [2.45, 2.75) is 20.8 Å². The number of hydrogen-bond donors (Lipinski definition) is 1. The number of nitrogen functional groups attached to an aromatic ring is 1. The largest absolute Gasteiger partial charge is 0.382 e. The fourth-order valence-electron chi connectivity index (χ4n) is 1.02. The Kier molecular flexibility index (Phi) is 2.84. The first kappa shape index (κ1) is 9.51. The summed E-state index contributed by atoms with van der Waals surface area (Å²) in [6.45, 7) is 5.91. The Balaban J connectivity index is 0.000000396. The molecule has 0 fully saturated rings. The van der Waals surface area contributed by atoms with Crippen molar-refractivity contribution >= 4 is 11.5 Å². The minimum atomic E-state index is 0.545. The third-order valence-corrected chi connectivity index (χ3v) is 1.66. The van der Waals surface area contributed by atoms with Crippen LogP contribution in [0.15, 0.2) is 18.5 Å². The summed E-state index contributed by atoms with van der Waals surface area (Å²) >= 11 is 0. The highest BCUT2D eigenvalue weighted by Crippen LogP contribution is 2.12. The van der Waals surface area contributed by atoms with Gasteiger partial charge >= 0.3 is 0 Å². The first-order valence-electron chi connectivity index (χ1n) is 4.34. The quantitative estimate of drug-likeness (QED) is 0.667. The van der Waals surface area contributed by atoms with E-state index in [0.717, 1.165) is 11.2 Å². The van der Waals surface area contributed by atoms with Gasteiger partial charge in [-0.05, 0) is 13.0 Å². The number of aromatic nitrogens is 3. The molecule has 4 nitrogen and oxygen atoms in total. The predicted molar refractivity (Wildman–Crippen MR) is 53.5 cm³/mol. The molecule has 0 aliphatic carbocycles. The van der Waals surface area contributed by atoms with Crippen LogP contribution in [0.3, 0.4) is 0 Å². The van der Waals surface area contributed by atoms with Crippen molar-refractivity contribution < 1.29 is 0 Å². The molecule has 0 aromatic carbocycles. The predicted octanol–water partition coefficient (Wildman–Crippen LogP) is 1.65. The lowest BCUT2D eigenvalue weighted by molar-refractivity contribution is 0.945. The molecule has 0 bridgehead atoms. The summed E-state index contributed by atoms with van der Waals surface area (Å²) in [6.07, 6.45) is 3.55. The van der Waals surface area contributed by atoms with E-state index in [0.29, 0.717) is 5.82 Å². The van der Waals surface area contributed by atoms with E-state index >= 15 is 0 Å². The van der Waals surface area contributed by atoms with Gasteiger partial charge in [-0.1, -0.05) is 13.8 Å². The van der Waals surface area contributed by atoms with Crippen LogP contribution in [0.1, 0.15) is 19.4 Å². The molecular weight excluding hydrogens is 164 g/mol. The molecule has 4 heteroatoms. The van der Waals surface area contributed by atoms with Gasteiger partial charge in [0.15, 0.2) is 11.5 Å². The minimum Gasteiger partial charge on any atom is -0.382 e. The average Bonchev–Trinajstić information content (AvgIpc) is 2.47. The van der Waals surface area contributed by atoms with Crippen LogP contribution in [-0.4, -0.2) is 14.6 Å². The zero-order chi connectivity index (χ0) is 9.84. The van der Waals surface area contributed by atoms with E-state index in [-0.39, 0.29) is 0 Å². The third kappa shape index (κ3) is 1.61. The monoisotopic (exact) mass is 178 g/mol. The van der Waals surface area contributed by atoms with Crippen molar-refractivity contribution in [3.05, 3.63) is 24.0 Å². The molecule has 2 aromatic heterocycles. The molecule has 0 amide bonds. The van der Waals surface area contributed by atoms with E-state index in [4.69, 9.17) is 5.73 Å². The van der Waals surface area contributed by atoms with Crippen LogP contribution in [0.5, 0.6) is 0 Å². The number of rotatable bonds is 0. The molecule has 0 unspecified atom stereocenters. The summed E-state index contributed by atoms with van der Waals surface area (Å²) in [6, 6.07) is 1.82. The molecule has 0 aliphatic rings. The fraction of sp³-hybridized carbons (Fsp3) is 0.333. The van der Waals surface area contributed by atoms with Crippen LogP contribution in [0.2, 0.25) is 0 Å². The third-order valence-electron chi connectivity index (χ3n) is 1.66. The maximum absolute atomic E-state index is 5.58. The lowest BCUT2D eigenvalue weighted by Gasteiger charge is -1.88. The van der Waals surface area contributed by atoms with Crippen LogP contribution in [0, 0.1) is 6.92 Å². The van der Waals surface area contributed by atoms with E-state index in [2.05, 4.69) is 10.1 Å². The number of fused-ring (bicyclic) bond motifs is 1. The van der Waals surface area contributed by atoms with Crippen LogP contribution in [0.4, 0.5) is 5.82 Å². The summed E-state index contributed by atoms with van der Waals surface area (Å²) in [5.41, 5.74) is 7.34. The smallest absolute Gasteiger partial charge is 0.160 e. The topological polar surface area (TPSA) is 56.2 Å². The van der Waals surface area contributed by atoms with E-state index in [1.165, 1.54) is 0 Å². The Labute approximate surface area is 77.4 Å². The van der Waals surface area contributed by atoms with Gasteiger partial charge in [0.1, 0.15) is 0 Å². The second kappa shape index (κ2) is 3.89. The van der Waals surface area contributed by atoms with Gasteiger partial charge in [0.2, 0.25) is 0 Å². The van der Waals surface area contributed by atoms with Crippen molar-refractivity contribution in [1.82, 2.24) is 14.6 Å². The highest BCUT2D eigenvalue weighted by atomic mass is 15.3. The molecule has 2 aromatic rings. The molecule has 0 atom stereocenters. The second-order valence-electron chi connectivity index (χ2n) is 2.40. The van der Waals surface area contributed by atoms with E-state index in [1.54, 1.807) is 10.7 Å². The molecule has 70 valence electrons. The standard InChI is InChI=1S/C7H8N4.C2H6/c1-5-6(8)10-11-4-2-3-9-7(5)11;1-2/h2-4H,1H3,(H2,8,10);1-2H3. The highest BCUT2D eigenvalue weighted by molar-refractivity contribution is 5.57. The maximum atomic E-state index is 5.58. The van der Waals surface area contributed by atoms with Crippen molar-refractivity contribution in [3.8, 4) is 0 Å². The summed E-state index contributed by atoms with van der Waals surface area (Å²) in [5.74, 6) is 0.545. The Morgan fingerprint density at radius 3 is 2.69 bits per heavy atom. The van der Waals surface area contributed by atoms with Gasteiger partial charge in [-0.15, -0.1) is 5.10 Å². The number of aryl methyl sites for hydroxylation is 1. The molecule has 0 radical (unpaired) electrons. The van der Waals surface area contributed by atoms with Gasteiger partial charge in [0.05, 0.1) is 0 Å². The average molecular weight is 178 g/mol. The summed E-state index contributed by atoms with van der Waals surface area (Å²) in [4.78, 5) is 4.12. The van der Waals surface area contributed by atoms with Crippen LogP contribution < -0.4 is 5.73 Å². The van der Waals surface area contributed by atoms with Crippen molar-refractivity contribution in [3.63, 3.8) is 0 Å².